The lowest BCUT2D eigenvalue weighted by Crippen LogP contribution is -2.62. The SMILES string of the molecule is N=C(C(=O)NN1CCN(NC(=O)OCC2C(=O)N3C(OC(=O)O)=CCS[C@@H]23)C1=O)c1csc(N)n1. The molecule has 186 valence electrons. The van der Waals surface area contributed by atoms with Gasteiger partial charge in [-0.25, -0.2) is 34.8 Å². The van der Waals surface area contributed by atoms with Gasteiger partial charge in [-0.05, 0) is 6.08 Å². The highest BCUT2D eigenvalue weighted by Gasteiger charge is 2.52. The molecule has 4 heterocycles. The smallest absolute Gasteiger partial charge is 0.449 e. The number of thiazole rings is 1. The fraction of sp³-hybridized carbons (Fsp3) is 0.353. The molecule has 16 nitrogen and oxygen atoms in total. The van der Waals surface area contributed by atoms with Crippen LogP contribution >= 0.6 is 23.1 Å². The Labute approximate surface area is 204 Å². The van der Waals surface area contributed by atoms with E-state index >= 15 is 0 Å². The number of nitrogen functional groups attached to an aromatic ring is 1. The molecule has 1 aromatic rings. The van der Waals surface area contributed by atoms with Crippen molar-refractivity contribution in [2.24, 2.45) is 5.92 Å². The molecule has 5 amide bonds. The van der Waals surface area contributed by atoms with Gasteiger partial charge in [0.2, 0.25) is 11.8 Å². The van der Waals surface area contributed by atoms with Crippen molar-refractivity contribution in [2.75, 3.05) is 31.2 Å². The lowest BCUT2D eigenvalue weighted by molar-refractivity contribution is -0.152. The summed E-state index contributed by atoms with van der Waals surface area (Å²) in [6, 6.07) is -0.768. The molecule has 2 fully saturated rings. The summed E-state index contributed by atoms with van der Waals surface area (Å²) in [4.78, 5) is 64.9. The molecule has 0 spiro atoms. The number of hydrogen-bond acceptors (Lipinski definition) is 12. The molecule has 1 aromatic heterocycles. The molecule has 3 aliphatic rings. The maximum Gasteiger partial charge on any atom is 0.512 e. The van der Waals surface area contributed by atoms with Gasteiger partial charge in [0.05, 0.1) is 13.1 Å². The maximum absolute atomic E-state index is 12.4. The van der Waals surface area contributed by atoms with Crippen molar-refractivity contribution in [1.82, 2.24) is 30.8 Å². The topological polar surface area (TPSA) is 221 Å². The van der Waals surface area contributed by atoms with Crippen LogP contribution in [0.1, 0.15) is 5.69 Å². The van der Waals surface area contributed by atoms with Gasteiger partial charge >= 0.3 is 18.3 Å². The summed E-state index contributed by atoms with van der Waals surface area (Å²) in [6.07, 6.45) is -1.07. The number of urea groups is 1. The van der Waals surface area contributed by atoms with Gasteiger partial charge in [-0.15, -0.1) is 23.1 Å². The summed E-state index contributed by atoms with van der Waals surface area (Å²) < 4.78 is 9.66. The Kier molecular flexibility index (Phi) is 6.65. The van der Waals surface area contributed by atoms with Crippen LogP contribution in [0, 0.1) is 11.3 Å². The van der Waals surface area contributed by atoms with Crippen LogP contribution in [0.5, 0.6) is 0 Å². The van der Waals surface area contributed by atoms with Crippen LogP contribution in [0.3, 0.4) is 0 Å². The number of anilines is 1. The average Bonchev–Trinajstić information content (AvgIpc) is 3.38. The van der Waals surface area contributed by atoms with Gasteiger partial charge in [0.1, 0.15) is 29.3 Å². The monoisotopic (exact) mass is 526 g/mol. The summed E-state index contributed by atoms with van der Waals surface area (Å²) in [7, 11) is 0. The van der Waals surface area contributed by atoms with Gasteiger partial charge in [0.15, 0.2) is 5.13 Å². The zero-order valence-electron chi connectivity index (χ0n) is 17.6. The third-order valence-electron chi connectivity index (χ3n) is 4.98. The summed E-state index contributed by atoms with van der Waals surface area (Å²) >= 11 is 2.41. The number of ether oxygens (including phenoxy) is 2. The number of β-lactam (4-membered cyclic amide) rings is 1. The quantitative estimate of drug-likeness (QED) is 0.174. The number of hydrogen-bond donors (Lipinski definition) is 5. The number of rotatable bonds is 7. The van der Waals surface area contributed by atoms with Gasteiger partial charge in [-0.1, -0.05) is 0 Å². The summed E-state index contributed by atoms with van der Waals surface area (Å²) in [5, 5.41) is 19.6. The molecular weight excluding hydrogens is 508 g/mol. The minimum Gasteiger partial charge on any atom is -0.449 e. The minimum atomic E-state index is -1.54. The summed E-state index contributed by atoms with van der Waals surface area (Å²) in [5.41, 5.74) is 9.55. The molecule has 3 aliphatic heterocycles. The van der Waals surface area contributed by atoms with E-state index in [9.17, 15) is 24.0 Å². The molecule has 4 rings (SSSR count). The second-order valence-electron chi connectivity index (χ2n) is 7.13. The number of nitrogens with one attached hydrogen (secondary N) is 3. The predicted molar refractivity (Wildman–Crippen MR) is 119 cm³/mol. The number of aromatic nitrogens is 1. The Morgan fingerprint density at radius 2 is 1.97 bits per heavy atom. The average molecular weight is 527 g/mol. The molecule has 18 heteroatoms. The number of amides is 5. The van der Waals surface area contributed by atoms with Gasteiger partial charge in [-0.2, -0.15) is 0 Å². The molecule has 0 radical (unpaired) electrons. The highest BCUT2D eigenvalue weighted by molar-refractivity contribution is 8.00. The molecule has 6 N–H and O–H groups in total. The number of hydrazine groups is 2. The molecule has 0 saturated carbocycles. The number of carbonyl (C=O) groups excluding carboxylic acids is 4. The number of thioether (sulfide) groups is 1. The molecule has 35 heavy (non-hydrogen) atoms. The maximum atomic E-state index is 12.4. The van der Waals surface area contributed by atoms with E-state index in [1.54, 1.807) is 0 Å². The molecular formula is C17H18N8O8S2. The summed E-state index contributed by atoms with van der Waals surface area (Å²) in [6.45, 7) is -0.263. The number of carbonyl (C=O) groups is 5. The first-order valence-corrected chi connectivity index (χ1v) is 11.8. The van der Waals surface area contributed by atoms with E-state index in [1.165, 1.54) is 28.1 Å². The third-order valence-corrected chi connectivity index (χ3v) is 6.89. The van der Waals surface area contributed by atoms with Crippen molar-refractivity contribution in [1.29, 1.82) is 5.41 Å². The lowest BCUT2D eigenvalue weighted by atomic mass is 9.99. The van der Waals surface area contributed by atoms with E-state index in [0.29, 0.717) is 5.75 Å². The zero-order valence-corrected chi connectivity index (χ0v) is 19.3. The Morgan fingerprint density at radius 1 is 1.26 bits per heavy atom. The van der Waals surface area contributed by atoms with E-state index in [1.807, 2.05) is 0 Å². The van der Waals surface area contributed by atoms with E-state index < -0.39 is 47.1 Å². The molecule has 1 unspecified atom stereocenters. The number of nitrogens with zero attached hydrogens (tertiary/aromatic N) is 4. The Balaban J connectivity index is 1.23. The Hall–Kier alpha value is -4.06. The van der Waals surface area contributed by atoms with Crippen LogP contribution in [0.25, 0.3) is 0 Å². The van der Waals surface area contributed by atoms with Crippen molar-refractivity contribution in [3.63, 3.8) is 0 Å². The van der Waals surface area contributed by atoms with Crippen molar-refractivity contribution in [2.45, 2.75) is 5.37 Å². The first kappa shape index (κ1) is 24.1. The fourth-order valence-corrected chi connectivity index (χ4v) is 5.12. The van der Waals surface area contributed by atoms with E-state index in [2.05, 4.69) is 20.6 Å². The van der Waals surface area contributed by atoms with Crippen LogP contribution < -0.4 is 16.6 Å². The second-order valence-corrected chi connectivity index (χ2v) is 9.17. The Bertz CT molecular complexity index is 1140. The van der Waals surface area contributed by atoms with E-state index in [0.717, 1.165) is 21.4 Å². The standard InChI is InChI=1S/C17H18N8O8S2/c18-10(8-6-35-14(19)20-8)11(26)21-23-2-3-24(16(23)29)22-15(28)32-5-7-12(27)25-9(33-17(30)31)1-4-34-13(7)25/h1,6-7,13,18H,2-5H2,(H2,19,20)(H,21,26)(H,22,28)(H,30,31)/t7?,13-/m0/s1. The van der Waals surface area contributed by atoms with Gasteiger partial charge in [-0.3, -0.25) is 25.3 Å². The number of fused-ring (bicyclic) bond motifs is 1. The zero-order chi connectivity index (χ0) is 25.3. The van der Waals surface area contributed by atoms with Gasteiger partial charge in [0.25, 0.3) is 5.91 Å². The first-order valence-electron chi connectivity index (χ1n) is 9.84. The van der Waals surface area contributed by atoms with Crippen LogP contribution in [0.15, 0.2) is 17.3 Å². The van der Waals surface area contributed by atoms with Crippen molar-refractivity contribution in [3.05, 3.63) is 23.0 Å². The third kappa shape index (κ3) is 4.92. The van der Waals surface area contributed by atoms with Crippen LogP contribution in [0.2, 0.25) is 0 Å². The van der Waals surface area contributed by atoms with E-state index in [-0.39, 0.29) is 36.4 Å². The highest BCUT2D eigenvalue weighted by Crippen LogP contribution is 2.41. The second kappa shape index (κ2) is 9.66. The van der Waals surface area contributed by atoms with Crippen molar-refractivity contribution >= 4 is 64.0 Å². The molecule has 2 atom stereocenters. The number of carboxylic acid groups (broad SMARTS) is 1. The Morgan fingerprint density at radius 3 is 2.63 bits per heavy atom. The lowest BCUT2D eigenvalue weighted by Gasteiger charge is -2.47. The number of nitrogens with two attached hydrogens (primary N) is 1. The fourth-order valence-electron chi connectivity index (χ4n) is 3.35. The normalized spacial score (nSPS) is 21.0. The first-order chi connectivity index (χ1) is 16.7. The van der Waals surface area contributed by atoms with Crippen molar-refractivity contribution in [3.8, 4) is 0 Å². The van der Waals surface area contributed by atoms with Gasteiger partial charge in [0, 0.05) is 11.1 Å². The van der Waals surface area contributed by atoms with Crippen molar-refractivity contribution < 1.29 is 38.6 Å². The molecule has 0 aromatic carbocycles. The van der Waals surface area contributed by atoms with Crippen LogP contribution in [-0.2, 0) is 19.1 Å². The van der Waals surface area contributed by atoms with Gasteiger partial charge < -0.3 is 20.3 Å². The predicted octanol–water partition coefficient (Wildman–Crippen LogP) is -0.430. The molecule has 0 bridgehead atoms. The highest BCUT2D eigenvalue weighted by atomic mass is 32.2. The molecule has 0 aliphatic carbocycles. The molecule has 2 saturated heterocycles. The van der Waals surface area contributed by atoms with E-state index in [4.69, 9.17) is 21.0 Å². The van der Waals surface area contributed by atoms with Crippen LogP contribution in [0.4, 0.5) is 19.5 Å². The van der Waals surface area contributed by atoms with Crippen LogP contribution in [-0.4, -0.2) is 91.6 Å². The largest absolute Gasteiger partial charge is 0.512 e. The summed E-state index contributed by atoms with van der Waals surface area (Å²) in [5.74, 6) is -1.72. The minimum absolute atomic E-state index is 0.0144.